The second-order valence-electron chi connectivity index (χ2n) is 6.75. The van der Waals surface area contributed by atoms with Crippen LogP contribution >= 0.6 is 11.3 Å². The molecule has 1 amide bonds. The summed E-state index contributed by atoms with van der Waals surface area (Å²) in [6.07, 6.45) is 3.05. The highest BCUT2D eigenvalue weighted by atomic mass is 32.1. The highest BCUT2D eigenvalue weighted by molar-refractivity contribution is 7.09. The van der Waals surface area contributed by atoms with Crippen LogP contribution in [0, 0.1) is 5.92 Å². The fourth-order valence-corrected chi connectivity index (χ4v) is 4.32. The Hall–Kier alpha value is -1.85. The predicted molar refractivity (Wildman–Crippen MR) is 97.8 cm³/mol. The van der Waals surface area contributed by atoms with E-state index in [1.165, 1.54) is 4.88 Å². The van der Waals surface area contributed by atoms with E-state index in [1.807, 2.05) is 29.2 Å². The number of rotatable bonds is 5. The number of benzene rings is 1. The summed E-state index contributed by atoms with van der Waals surface area (Å²) in [5, 5.41) is 2.06. The molecule has 2 atom stereocenters. The maximum Gasteiger partial charge on any atom is 0.229 e. The van der Waals surface area contributed by atoms with Gasteiger partial charge in [-0.3, -0.25) is 4.79 Å². The van der Waals surface area contributed by atoms with Gasteiger partial charge < -0.3 is 14.4 Å². The summed E-state index contributed by atoms with van der Waals surface area (Å²) >= 11 is 1.70. The summed E-state index contributed by atoms with van der Waals surface area (Å²) in [6, 6.07) is 12.1. The molecule has 0 spiro atoms. The predicted octanol–water partition coefficient (Wildman–Crippen LogP) is 3.51. The Balaban J connectivity index is 1.48. The molecule has 2 unspecified atom stereocenters. The van der Waals surface area contributed by atoms with Crippen molar-refractivity contribution in [3.8, 4) is 5.75 Å². The molecule has 3 heterocycles. The van der Waals surface area contributed by atoms with Crippen molar-refractivity contribution in [3.63, 3.8) is 0 Å². The van der Waals surface area contributed by atoms with Gasteiger partial charge in [0.25, 0.3) is 0 Å². The third-order valence-electron chi connectivity index (χ3n) is 4.91. The van der Waals surface area contributed by atoms with E-state index in [0.29, 0.717) is 19.7 Å². The number of carbonyl (C=O) groups is 1. The van der Waals surface area contributed by atoms with Crippen molar-refractivity contribution in [2.75, 3.05) is 19.8 Å². The average Bonchev–Trinajstić information content (AvgIpc) is 3.34. The van der Waals surface area contributed by atoms with E-state index < -0.39 is 0 Å². The SMILES string of the molecule is O=C(C1COc2ccccc2C1)N(Cc1cccs1)CC1CCCO1. The quantitative estimate of drug-likeness (QED) is 0.822. The van der Waals surface area contributed by atoms with E-state index in [9.17, 15) is 4.79 Å². The third-order valence-corrected chi connectivity index (χ3v) is 5.78. The first-order valence-corrected chi connectivity index (χ1v) is 9.81. The minimum Gasteiger partial charge on any atom is -0.492 e. The van der Waals surface area contributed by atoms with Gasteiger partial charge in [0.05, 0.1) is 18.6 Å². The highest BCUT2D eigenvalue weighted by Gasteiger charge is 2.31. The second-order valence-corrected chi connectivity index (χ2v) is 7.79. The van der Waals surface area contributed by atoms with Crippen molar-refractivity contribution >= 4 is 17.2 Å². The smallest absolute Gasteiger partial charge is 0.229 e. The van der Waals surface area contributed by atoms with E-state index >= 15 is 0 Å². The topological polar surface area (TPSA) is 38.8 Å². The zero-order chi connectivity index (χ0) is 17.1. The molecule has 2 aromatic rings. The van der Waals surface area contributed by atoms with Gasteiger partial charge in [0.2, 0.25) is 5.91 Å². The van der Waals surface area contributed by atoms with Crippen LogP contribution in [0.5, 0.6) is 5.75 Å². The Labute approximate surface area is 152 Å². The van der Waals surface area contributed by atoms with Gasteiger partial charge in [0.15, 0.2) is 0 Å². The van der Waals surface area contributed by atoms with Gasteiger partial charge in [-0.25, -0.2) is 0 Å². The van der Waals surface area contributed by atoms with E-state index in [0.717, 1.165) is 37.2 Å². The van der Waals surface area contributed by atoms with Crippen LogP contribution in [0.1, 0.15) is 23.3 Å². The number of fused-ring (bicyclic) bond motifs is 1. The van der Waals surface area contributed by atoms with Crippen LogP contribution in [0.4, 0.5) is 0 Å². The first-order chi connectivity index (χ1) is 12.3. The van der Waals surface area contributed by atoms with Crippen molar-refractivity contribution < 1.29 is 14.3 Å². The maximum absolute atomic E-state index is 13.2. The Morgan fingerprint density at radius 3 is 2.96 bits per heavy atom. The Morgan fingerprint density at radius 2 is 2.16 bits per heavy atom. The lowest BCUT2D eigenvalue weighted by Gasteiger charge is -2.31. The van der Waals surface area contributed by atoms with Gasteiger partial charge in [0.1, 0.15) is 12.4 Å². The van der Waals surface area contributed by atoms with Crippen molar-refractivity contribution in [2.24, 2.45) is 5.92 Å². The van der Waals surface area contributed by atoms with Gasteiger partial charge >= 0.3 is 0 Å². The lowest BCUT2D eigenvalue weighted by atomic mass is 9.95. The molecular formula is C20H23NO3S. The average molecular weight is 357 g/mol. The van der Waals surface area contributed by atoms with Crippen LogP contribution < -0.4 is 4.74 Å². The zero-order valence-electron chi connectivity index (χ0n) is 14.2. The minimum absolute atomic E-state index is 0.115. The molecule has 1 aromatic heterocycles. The summed E-state index contributed by atoms with van der Waals surface area (Å²) in [5.41, 5.74) is 1.13. The lowest BCUT2D eigenvalue weighted by molar-refractivity contribution is -0.139. The van der Waals surface area contributed by atoms with Crippen LogP contribution in [0.2, 0.25) is 0 Å². The molecule has 2 aliphatic rings. The number of nitrogens with zero attached hydrogens (tertiary/aromatic N) is 1. The summed E-state index contributed by atoms with van der Waals surface area (Å²) in [4.78, 5) is 16.4. The fraction of sp³-hybridized carbons (Fsp3) is 0.450. The van der Waals surface area contributed by atoms with Crippen molar-refractivity contribution in [3.05, 3.63) is 52.2 Å². The Morgan fingerprint density at radius 1 is 1.24 bits per heavy atom. The largest absolute Gasteiger partial charge is 0.492 e. The molecule has 0 aliphatic carbocycles. The Bertz CT molecular complexity index is 709. The summed E-state index contributed by atoms with van der Waals surface area (Å²) < 4.78 is 11.6. The van der Waals surface area contributed by atoms with Crippen LogP contribution in [0.3, 0.4) is 0 Å². The van der Waals surface area contributed by atoms with Crippen LogP contribution in [-0.2, 0) is 22.5 Å². The molecule has 0 saturated carbocycles. The normalized spacial score (nSPS) is 22.2. The molecule has 0 radical (unpaired) electrons. The van der Waals surface area contributed by atoms with E-state index in [4.69, 9.17) is 9.47 Å². The Kier molecular flexibility index (Phi) is 5.04. The molecule has 4 nitrogen and oxygen atoms in total. The van der Waals surface area contributed by atoms with Gasteiger partial charge in [-0.05, 0) is 42.3 Å². The standard InChI is InChI=1S/C20H23NO3S/c22-20(16-11-15-5-1-2-8-19(15)24-14-16)21(12-17-6-3-9-23-17)13-18-7-4-10-25-18/h1-2,4-5,7-8,10,16-17H,3,6,9,11-14H2. The van der Waals surface area contributed by atoms with Gasteiger partial charge in [-0.2, -0.15) is 0 Å². The van der Waals surface area contributed by atoms with Crippen molar-refractivity contribution in [1.29, 1.82) is 0 Å². The molecule has 132 valence electrons. The fourth-order valence-electron chi connectivity index (χ4n) is 3.60. The molecular weight excluding hydrogens is 334 g/mol. The lowest BCUT2D eigenvalue weighted by Crippen LogP contribution is -2.43. The first-order valence-electron chi connectivity index (χ1n) is 8.93. The van der Waals surface area contributed by atoms with Gasteiger partial charge in [-0.1, -0.05) is 24.3 Å². The number of para-hydroxylation sites is 1. The molecule has 2 aliphatic heterocycles. The van der Waals surface area contributed by atoms with Crippen LogP contribution in [0.25, 0.3) is 0 Å². The van der Waals surface area contributed by atoms with E-state index in [1.54, 1.807) is 11.3 Å². The molecule has 1 fully saturated rings. The number of hydrogen-bond donors (Lipinski definition) is 0. The molecule has 5 heteroatoms. The van der Waals surface area contributed by atoms with Crippen molar-refractivity contribution in [1.82, 2.24) is 4.90 Å². The highest BCUT2D eigenvalue weighted by Crippen LogP contribution is 2.28. The molecule has 25 heavy (non-hydrogen) atoms. The van der Waals surface area contributed by atoms with Crippen LogP contribution in [-0.4, -0.2) is 36.7 Å². The third kappa shape index (κ3) is 3.88. The number of amides is 1. The van der Waals surface area contributed by atoms with Crippen LogP contribution in [0.15, 0.2) is 41.8 Å². The molecule has 1 aromatic carbocycles. The van der Waals surface area contributed by atoms with Gasteiger partial charge in [0, 0.05) is 18.0 Å². The number of thiophene rings is 1. The van der Waals surface area contributed by atoms with E-state index in [2.05, 4.69) is 17.5 Å². The number of carbonyl (C=O) groups excluding carboxylic acids is 1. The number of hydrogen-bond acceptors (Lipinski definition) is 4. The summed E-state index contributed by atoms with van der Waals surface area (Å²) in [6.45, 7) is 2.61. The number of ether oxygens (including phenoxy) is 2. The minimum atomic E-state index is -0.115. The summed E-state index contributed by atoms with van der Waals surface area (Å²) in [5.74, 6) is 0.977. The summed E-state index contributed by atoms with van der Waals surface area (Å²) in [7, 11) is 0. The monoisotopic (exact) mass is 357 g/mol. The zero-order valence-corrected chi connectivity index (χ0v) is 15.0. The molecule has 4 rings (SSSR count). The molecule has 1 saturated heterocycles. The maximum atomic E-state index is 13.2. The van der Waals surface area contributed by atoms with Gasteiger partial charge in [-0.15, -0.1) is 11.3 Å². The van der Waals surface area contributed by atoms with E-state index in [-0.39, 0.29) is 17.9 Å². The second kappa shape index (κ2) is 7.58. The molecule has 0 bridgehead atoms. The molecule has 0 N–H and O–H groups in total. The van der Waals surface area contributed by atoms with Crippen molar-refractivity contribution in [2.45, 2.75) is 31.9 Å². The first kappa shape index (κ1) is 16.6.